The number of hydrogen-bond acceptors (Lipinski definition) is 4. The van der Waals surface area contributed by atoms with Crippen LogP contribution in [0.25, 0.3) is 0 Å². The minimum Gasteiger partial charge on any atom is -0.490 e. The third-order valence-electron chi connectivity index (χ3n) is 4.95. The zero-order chi connectivity index (χ0) is 17.1. The van der Waals surface area contributed by atoms with Crippen molar-refractivity contribution < 1.29 is 14.3 Å². The van der Waals surface area contributed by atoms with E-state index in [0.29, 0.717) is 13.0 Å². The van der Waals surface area contributed by atoms with Crippen LogP contribution in [-0.4, -0.2) is 41.1 Å². The molecule has 25 heavy (non-hydrogen) atoms. The molecule has 0 bridgehead atoms. The van der Waals surface area contributed by atoms with Crippen LogP contribution < -0.4 is 4.74 Å². The van der Waals surface area contributed by atoms with Gasteiger partial charge in [-0.25, -0.2) is 0 Å². The Hall–Kier alpha value is -2.40. The van der Waals surface area contributed by atoms with E-state index in [1.165, 1.54) is 11.1 Å². The Morgan fingerprint density at radius 2 is 1.80 bits per heavy atom. The van der Waals surface area contributed by atoms with Crippen LogP contribution in [-0.2, 0) is 22.6 Å². The normalized spacial score (nSPS) is 20.8. The molecule has 5 nitrogen and oxygen atoms in total. The molecule has 4 rings (SSSR count). The van der Waals surface area contributed by atoms with E-state index in [0.717, 1.165) is 31.7 Å². The Bertz CT molecular complexity index is 727. The van der Waals surface area contributed by atoms with Crippen LogP contribution >= 0.6 is 0 Å². The van der Waals surface area contributed by atoms with Gasteiger partial charge in [0.15, 0.2) is 0 Å². The summed E-state index contributed by atoms with van der Waals surface area (Å²) in [6.45, 7) is 1.96. The minimum absolute atomic E-state index is 0.108. The third-order valence-corrected chi connectivity index (χ3v) is 4.95. The van der Waals surface area contributed by atoms with Gasteiger partial charge in [0.05, 0.1) is 6.61 Å². The fourth-order valence-electron chi connectivity index (χ4n) is 3.51. The number of benzene rings is 1. The number of rotatable bonds is 3. The SMILES string of the molecule is O=C([C@H]1Cc2ccccc2CO1)N1CCC(Oc2ccncc2)CC1. The average Bonchev–Trinajstić information content (AvgIpc) is 2.68. The predicted molar refractivity (Wildman–Crippen MR) is 93.2 cm³/mol. The van der Waals surface area contributed by atoms with Crippen molar-refractivity contribution in [3.63, 3.8) is 0 Å². The lowest BCUT2D eigenvalue weighted by Crippen LogP contribution is -2.48. The van der Waals surface area contributed by atoms with Gasteiger partial charge in [0.25, 0.3) is 5.91 Å². The van der Waals surface area contributed by atoms with Crippen molar-refractivity contribution in [2.24, 2.45) is 0 Å². The Morgan fingerprint density at radius 1 is 1.08 bits per heavy atom. The van der Waals surface area contributed by atoms with Crippen molar-refractivity contribution in [1.29, 1.82) is 0 Å². The minimum atomic E-state index is -0.354. The van der Waals surface area contributed by atoms with Gasteiger partial charge in [-0.05, 0) is 23.3 Å². The lowest BCUT2D eigenvalue weighted by atomic mass is 9.98. The van der Waals surface area contributed by atoms with Gasteiger partial charge >= 0.3 is 0 Å². The summed E-state index contributed by atoms with van der Waals surface area (Å²) < 4.78 is 11.8. The number of likely N-dealkylation sites (tertiary alicyclic amines) is 1. The summed E-state index contributed by atoms with van der Waals surface area (Å²) in [5.74, 6) is 0.948. The molecule has 3 heterocycles. The van der Waals surface area contributed by atoms with Gasteiger partial charge in [0.2, 0.25) is 0 Å². The zero-order valence-corrected chi connectivity index (χ0v) is 14.1. The summed E-state index contributed by atoms with van der Waals surface area (Å²) >= 11 is 0. The lowest BCUT2D eigenvalue weighted by molar-refractivity contribution is -0.147. The Balaban J connectivity index is 1.31. The maximum atomic E-state index is 12.8. The molecule has 1 aromatic carbocycles. The molecular formula is C20H22N2O3. The van der Waals surface area contributed by atoms with Crippen LogP contribution in [0, 0.1) is 0 Å². The first-order chi connectivity index (χ1) is 12.3. The highest BCUT2D eigenvalue weighted by molar-refractivity contribution is 5.81. The van der Waals surface area contributed by atoms with Crippen molar-refractivity contribution in [2.45, 2.75) is 38.1 Å². The maximum absolute atomic E-state index is 12.8. The highest BCUT2D eigenvalue weighted by Gasteiger charge is 2.31. The van der Waals surface area contributed by atoms with E-state index in [9.17, 15) is 4.79 Å². The fraction of sp³-hybridized carbons (Fsp3) is 0.400. The zero-order valence-electron chi connectivity index (χ0n) is 14.1. The highest BCUT2D eigenvalue weighted by atomic mass is 16.5. The number of hydrogen-bond donors (Lipinski definition) is 0. The second-order valence-electron chi connectivity index (χ2n) is 6.60. The first kappa shape index (κ1) is 16.1. The molecule has 2 aliphatic rings. The van der Waals surface area contributed by atoms with Crippen LogP contribution in [0.2, 0.25) is 0 Å². The molecule has 2 aliphatic heterocycles. The van der Waals surface area contributed by atoms with Crippen molar-refractivity contribution in [3.8, 4) is 5.75 Å². The number of nitrogens with zero attached hydrogens (tertiary/aromatic N) is 2. The molecule has 130 valence electrons. The second kappa shape index (κ2) is 7.23. The van der Waals surface area contributed by atoms with Crippen molar-refractivity contribution in [1.82, 2.24) is 9.88 Å². The number of aromatic nitrogens is 1. The van der Waals surface area contributed by atoms with E-state index in [-0.39, 0.29) is 18.1 Å². The van der Waals surface area contributed by atoms with Gasteiger partial charge in [-0.3, -0.25) is 9.78 Å². The molecule has 0 radical (unpaired) electrons. The fourth-order valence-corrected chi connectivity index (χ4v) is 3.51. The van der Waals surface area contributed by atoms with E-state index in [1.807, 2.05) is 29.2 Å². The monoisotopic (exact) mass is 338 g/mol. The van der Waals surface area contributed by atoms with Crippen LogP contribution in [0.4, 0.5) is 0 Å². The molecule has 1 saturated heterocycles. The van der Waals surface area contributed by atoms with Gasteiger partial charge < -0.3 is 14.4 Å². The number of ether oxygens (including phenoxy) is 2. The van der Waals surface area contributed by atoms with Crippen LogP contribution in [0.5, 0.6) is 5.75 Å². The topological polar surface area (TPSA) is 51.7 Å². The molecule has 1 atom stereocenters. The van der Waals surface area contributed by atoms with Crippen molar-refractivity contribution in [3.05, 3.63) is 59.9 Å². The van der Waals surface area contributed by atoms with E-state index < -0.39 is 0 Å². The molecular weight excluding hydrogens is 316 g/mol. The van der Waals surface area contributed by atoms with E-state index in [2.05, 4.69) is 17.1 Å². The summed E-state index contributed by atoms with van der Waals surface area (Å²) in [5, 5.41) is 0. The molecule has 0 aliphatic carbocycles. The summed E-state index contributed by atoms with van der Waals surface area (Å²) in [4.78, 5) is 18.7. The van der Waals surface area contributed by atoms with Crippen molar-refractivity contribution >= 4 is 5.91 Å². The quantitative estimate of drug-likeness (QED) is 0.863. The molecule has 1 aromatic heterocycles. The van der Waals surface area contributed by atoms with Crippen molar-refractivity contribution in [2.75, 3.05) is 13.1 Å². The highest BCUT2D eigenvalue weighted by Crippen LogP contribution is 2.24. The van der Waals surface area contributed by atoms with Crippen LogP contribution in [0.1, 0.15) is 24.0 Å². The third kappa shape index (κ3) is 3.66. The number of amides is 1. The largest absolute Gasteiger partial charge is 0.490 e. The summed E-state index contributed by atoms with van der Waals surface area (Å²) in [6, 6.07) is 11.9. The van der Waals surface area contributed by atoms with E-state index >= 15 is 0 Å². The predicted octanol–water partition coefficient (Wildman–Crippen LogP) is 2.59. The van der Waals surface area contributed by atoms with Gasteiger partial charge in [0, 0.05) is 44.7 Å². The van der Waals surface area contributed by atoms with Crippen LogP contribution in [0.15, 0.2) is 48.8 Å². The molecule has 5 heteroatoms. The number of carbonyl (C=O) groups excluding carboxylic acids is 1. The molecule has 0 spiro atoms. The standard InChI is InChI=1S/C20H22N2O3/c23-20(19-13-15-3-1-2-4-16(15)14-24-19)22-11-7-18(8-12-22)25-17-5-9-21-10-6-17/h1-6,9-10,18-19H,7-8,11-14H2/t19-/m1/s1. The smallest absolute Gasteiger partial charge is 0.252 e. The van der Waals surface area contributed by atoms with Gasteiger partial charge in [-0.1, -0.05) is 24.3 Å². The maximum Gasteiger partial charge on any atom is 0.252 e. The summed E-state index contributed by atoms with van der Waals surface area (Å²) in [5.41, 5.74) is 2.42. The Morgan fingerprint density at radius 3 is 2.56 bits per heavy atom. The molecule has 0 unspecified atom stereocenters. The van der Waals surface area contributed by atoms with Crippen LogP contribution in [0.3, 0.4) is 0 Å². The van der Waals surface area contributed by atoms with Gasteiger partial charge in [0.1, 0.15) is 18.0 Å². The number of fused-ring (bicyclic) bond motifs is 1. The number of piperidine rings is 1. The molecule has 0 saturated carbocycles. The molecule has 1 amide bonds. The molecule has 1 fully saturated rings. The first-order valence-corrected chi connectivity index (χ1v) is 8.83. The summed E-state index contributed by atoms with van der Waals surface area (Å²) in [6.07, 6.45) is 5.61. The Labute approximate surface area is 147 Å². The lowest BCUT2D eigenvalue weighted by Gasteiger charge is -2.35. The summed E-state index contributed by atoms with van der Waals surface area (Å²) in [7, 11) is 0. The van der Waals surface area contributed by atoms with E-state index in [4.69, 9.17) is 9.47 Å². The first-order valence-electron chi connectivity index (χ1n) is 8.83. The second-order valence-corrected chi connectivity index (χ2v) is 6.60. The molecule has 0 N–H and O–H groups in total. The average molecular weight is 338 g/mol. The Kier molecular flexibility index (Phi) is 4.65. The number of carbonyl (C=O) groups is 1. The number of pyridine rings is 1. The van der Waals surface area contributed by atoms with Gasteiger partial charge in [-0.2, -0.15) is 0 Å². The van der Waals surface area contributed by atoms with Gasteiger partial charge in [-0.15, -0.1) is 0 Å². The van der Waals surface area contributed by atoms with E-state index in [1.54, 1.807) is 12.4 Å². The molecule has 2 aromatic rings.